The molecule has 0 fully saturated rings. The first-order valence-corrected chi connectivity index (χ1v) is 9.80. The monoisotopic (exact) mass is 434 g/mol. The molecule has 0 saturated carbocycles. The number of benzene rings is 2. The lowest BCUT2D eigenvalue weighted by molar-refractivity contribution is 0.262. The highest BCUT2D eigenvalue weighted by atomic mass is 35.5. The fourth-order valence-corrected chi connectivity index (χ4v) is 2.98. The van der Waals surface area contributed by atoms with Gasteiger partial charge in [-0.3, -0.25) is 4.57 Å². The highest BCUT2D eigenvalue weighted by Gasteiger charge is 2.08. The molecule has 156 valence electrons. The fourth-order valence-electron chi connectivity index (χ4n) is 2.80. The molecule has 4 rings (SSSR count). The number of rotatable bonds is 5. The SMILES string of the molecule is Cc1nc(Oc2ccc(NC(=O)Nc3ccc(C)c(Cl)c3)cc2)cc(-n2ccnc2)n1. The summed E-state index contributed by atoms with van der Waals surface area (Å²) in [6.45, 7) is 3.69. The number of hydrogen-bond acceptors (Lipinski definition) is 5. The lowest BCUT2D eigenvalue weighted by atomic mass is 10.2. The Kier molecular flexibility index (Phi) is 5.81. The van der Waals surface area contributed by atoms with Crippen LogP contribution in [0.1, 0.15) is 11.4 Å². The summed E-state index contributed by atoms with van der Waals surface area (Å²) in [4.78, 5) is 24.9. The predicted octanol–water partition coefficient (Wildman–Crippen LogP) is 5.37. The number of nitrogens with zero attached hydrogens (tertiary/aromatic N) is 4. The molecule has 2 N–H and O–H groups in total. The number of halogens is 1. The van der Waals surface area contributed by atoms with Crippen molar-refractivity contribution >= 4 is 29.0 Å². The van der Waals surface area contributed by atoms with E-state index >= 15 is 0 Å². The first-order chi connectivity index (χ1) is 15.0. The van der Waals surface area contributed by atoms with E-state index < -0.39 is 0 Å². The molecule has 2 aromatic heterocycles. The quantitative estimate of drug-likeness (QED) is 0.440. The molecule has 8 nitrogen and oxygen atoms in total. The van der Waals surface area contributed by atoms with Crippen LogP contribution < -0.4 is 15.4 Å². The summed E-state index contributed by atoms with van der Waals surface area (Å²) in [5.74, 6) is 2.22. The van der Waals surface area contributed by atoms with Crippen molar-refractivity contribution in [1.29, 1.82) is 0 Å². The Hall–Kier alpha value is -3.91. The number of imidazole rings is 1. The smallest absolute Gasteiger partial charge is 0.323 e. The summed E-state index contributed by atoms with van der Waals surface area (Å²) >= 11 is 6.09. The number of urea groups is 1. The first-order valence-electron chi connectivity index (χ1n) is 9.42. The minimum Gasteiger partial charge on any atom is -0.439 e. The summed E-state index contributed by atoms with van der Waals surface area (Å²) in [5, 5.41) is 6.11. The Morgan fingerprint density at radius 1 is 1.00 bits per heavy atom. The van der Waals surface area contributed by atoms with Gasteiger partial charge >= 0.3 is 6.03 Å². The maximum Gasteiger partial charge on any atom is 0.323 e. The van der Waals surface area contributed by atoms with Crippen LogP contribution >= 0.6 is 11.6 Å². The van der Waals surface area contributed by atoms with E-state index in [2.05, 4.69) is 25.6 Å². The standard InChI is InChI=1S/C22H19ClN6O2/c1-14-3-4-17(11-19(14)23)28-22(30)27-16-5-7-18(8-6-16)31-21-12-20(25-15(2)26-21)29-10-9-24-13-29/h3-13H,1-2H3,(H2,27,28,30). The minimum absolute atomic E-state index is 0.370. The normalized spacial score (nSPS) is 10.5. The second-order valence-electron chi connectivity index (χ2n) is 6.75. The van der Waals surface area contributed by atoms with Crippen LogP contribution in [0.4, 0.5) is 16.2 Å². The Morgan fingerprint density at radius 2 is 1.74 bits per heavy atom. The third-order valence-electron chi connectivity index (χ3n) is 4.33. The second-order valence-corrected chi connectivity index (χ2v) is 7.16. The second kappa shape index (κ2) is 8.85. The number of aryl methyl sites for hydroxylation is 2. The molecule has 0 aliphatic carbocycles. The lowest BCUT2D eigenvalue weighted by Gasteiger charge is -2.10. The zero-order valence-corrected chi connectivity index (χ0v) is 17.6. The van der Waals surface area contributed by atoms with Gasteiger partial charge in [-0.25, -0.2) is 14.8 Å². The molecule has 0 bridgehead atoms. The van der Waals surface area contributed by atoms with Crippen molar-refractivity contribution in [3.63, 3.8) is 0 Å². The van der Waals surface area contributed by atoms with Gasteiger partial charge in [0.05, 0.1) is 0 Å². The van der Waals surface area contributed by atoms with E-state index in [0.29, 0.717) is 39.7 Å². The van der Waals surface area contributed by atoms with Crippen LogP contribution in [0.5, 0.6) is 11.6 Å². The van der Waals surface area contributed by atoms with Gasteiger partial charge in [0.15, 0.2) is 0 Å². The van der Waals surface area contributed by atoms with Gasteiger partial charge in [-0.15, -0.1) is 0 Å². The number of carbonyl (C=O) groups is 1. The average molecular weight is 435 g/mol. The molecule has 0 aliphatic rings. The Bertz CT molecular complexity index is 1210. The zero-order chi connectivity index (χ0) is 21.8. The van der Waals surface area contributed by atoms with Crippen LogP contribution in [0.15, 0.2) is 67.3 Å². The van der Waals surface area contributed by atoms with E-state index in [1.165, 1.54) is 0 Å². The van der Waals surface area contributed by atoms with E-state index in [4.69, 9.17) is 16.3 Å². The van der Waals surface area contributed by atoms with E-state index in [9.17, 15) is 4.79 Å². The number of aromatic nitrogens is 4. The van der Waals surface area contributed by atoms with E-state index in [1.54, 1.807) is 72.7 Å². The highest BCUT2D eigenvalue weighted by Crippen LogP contribution is 2.24. The Labute approximate surface area is 183 Å². The van der Waals surface area contributed by atoms with Crippen LogP contribution in [0.3, 0.4) is 0 Å². The number of hydrogen-bond donors (Lipinski definition) is 2. The van der Waals surface area contributed by atoms with E-state index in [0.717, 1.165) is 5.56 Å². The van der Waals surface area contributed by atoms with Crippen molar-refractivity contribution in [2.45, 2.75) is 13.8 Å². The topological polar surface area (TPSA) is 94.0 Å². The van der Waals surface area contributed by atoms with Gasteiger partial charge in [0.1, 0.15) is 23.7 Å². The minimum atomic E-state index is -0.370. The van der Waals surface area contributed by atoms with Crippen molar-refractivity contribution in [3.8, 4) is 17.4 Å². The number of ether oxygens (including phenoxy) is 1. The summed E-state index contributed by atoms with van der Waals surface area (Å²) in [7, 11) is 0. The highest BCUT2D eigenvalue weighted by molar-refractivity contribution is 6.31. The molecule has 0 aliphatic heterocycles. The first kappa shape index (κ1) is 20.4. The number of amides is 2. The third kappa shape index (κ3) is 5.18. The van der Waals surface area contributed by atoms with E-state index in [-0.39, 0.29) is 6.03 Å². The lowest BCUT2D eigenvalue weighted by Crippen LogP contribution is -2.19. The molecule has 0 unspecified atom stereocenters. The largest absolute Gasteiger partial charge is 0.439 e. The van der Waals surface area contributed by atoms with Crippen LogP contribution in [0, 0.1) is 13.8 Å². The molecule has 9 heteroatoms. The van der Waals surface area contributed by atoms with Crippen molar-refractivity contribution < 1.29 is 9.53 Å². The summed E-state index contributed by atoms with van der Waals surface area (Å²) in [5.41, 5.74) is 2.17. The Morgan fingerprint density at radius 3 is 2.45 bits per heavy atom. The molecular formula is C22H19ClN6O2. The van der Waals surface area contributed by atoms with Crippen molar-refractivity contribution in [3.05, 3.63) is 83.7 Å². The molecule has 2 amide bonds. The van der Waals surface area contributed by atoms with Gasteiger partial charge < -0.3 is 15.4 Å². The molecule has 0 atom stereocenters. The molecular weight excluding hydrogens is 416 g/mol. The molecule has 2 aromatic carbocycles. The third-order valence-corrected chi connectivity index (χ3v) is 4.74. The van der Waals surface area contributed by atoms with E-state index in [1.807, 2.05) is 13.0 Å². The molecule has 0 radical (unpaired) electrons. The molecule has 0 spiro atoms. The van der Waals surface area contributed by atoms with Crippen molar-refractivity contribution in [2.75, 3.05) is 10.6 Å². The predicted molar refractivity (Wildman–Crippen MR) is 119 cm³/mol. The molecule has 31 heavy (non-hydrogen) atoms. The Balaban J connectivity index is 1.40. The molecule has 2 heterocycles. The van der Waals surface area contributed by atoms with Gasteiger partial charge in [-0.1, -0.05) is 17.7 Å². The zero-order valence-electron chi connectivity index (χ0n) is 16.8. The van der Waals surface area contributed by atoms with Crippen LogP contribution in [0.25, 0.3) is 5.82 Å². The summed E-state index contributed by atoms with van der Waals surface area (Å²) < 4.78 is 7.62. The van der Waals surface area contributed by atoms with Gasteiger partial charge in [-0.05, 0) is 55.8 Å². The maximum atomic E-state index is 12.2. The molecule has 0 saturated heterocycles. The number of carbonyl (C=O) groups excluding carboxylic acids is 1. The number of nitrogens with one attached hydrogen (secondary N) is 2. The van der Waals surface area contributed by atoms with Crippen LogP contribution in [0.2, 0.25) is 5.02 Å². The van der Waals surface area contributed by atoms with Gasteiger partial charge in [0, 0.05) is 34.9 Å². The van der Waals surface area contributed by atoms with Gasteiger partial charge in [-0.2, -0.15) is 4.98 Å². The van der Waals surface area contributed by atoms with Crippen molar-refractivity contribution in [2.24, 2.45) is 0 Å². The maximum absolute atomic E-state index is 12.2. The summed E-state index contributed by atoms with van der Waals surface area (Å²) in [6.07, 6.45) is 5.12. The van der Waals surface area contributed by atoms with Crippen LogP contribution in [-0.2, 0) is 0 Å². The number of anilines is 2. The van der Waals surface area contributed by atoms with Crippen LogP contribution in [-0.4, -0.2) is 25.6 Å². The fraction of sp³-hybridized carbons (Fsp3) is 0.0909. The van der Waals surface area contributed by atoms with Crippen molar-refractivity contribution in [1.82, 2.24) is 19.5 Å². The average Bonchev–Trinajstić information content (AvgIpc) is 3.27. The van der Waals surface area contributed by atoms with Gasteiger partial charge in [0.25, 0.3) is 0 Å². The molecule has 4 aromatic rings. The summed E-state index contributed by atoms with van der Waals surface area (Å²) in [6, 6.07) is 13.7. The van der Waals surface area contributed by atoms with Gasteiger partial charge in [0.2, 0.25) is 5.88 Å².